The lowest BCUT2D eigenvalue weighted by Gasteiger charge is -2.08. The van der Waals surface area contributed by atoms with Crippen LogP contribution in [0.2, 0.25) is 0 Å². The predicted octanol–water partition coefficient (Wildman–Crippen LogP) is 2.96. The molecule has 2 rings (SSSR count). The molecule has 1 saturated carbocycles. The maximum atomic E-state index is 13.0. The van der Waals surface area contributed by atoms with E-state index in [1.54, 1.807) is 6.07 Å². The predicted molar refractivity (Wildman–Crippen MR) is 56.4 cm³/mol. The highest BCUT2D eigenvalue weighted by molar-refractivity contribution is 9.10. The first-order valence-electron chi connectivity index (χ1n) is 3.86. The van der Waals surface area contributed by atoms with Gasteiger partial charge in [0, 0.05) is 5.54 Å². The quantitative estimate of drug-likeness (QED) is 0.831. The molecule has 0 heterocycles. The minimum atomic E-state index is -0.235. The number of hydrogen-bond acceptors (Lipinski definition) is 1. The third-order valence-corrected chi connectivity index (χ3v) is 2.93. The highest BCUT2D eigenvalue weighted by atomic mass is 79.9. The molecule has 0 saturated heterocycles. The summed E-state index contributed by atoms with van der Waals surface area (Å²) in [5.41, 5.74) is 6.58. The zero-order valence-electron chi connectivity index (χ0n) is 6.89. The second-order valence-corrected chi connectivity index (χ2v) is 4.14. The number of nitrogens with two attached hydrogens (primary N) is 1. The standard InChI is InChI=1S/C9H9BrFN.ClH/c10-7-2-1-6(5-8(7)11)9(12)3-4-9;/h1-2,5H,3-4,12H2;1H. The number of hydrogen-bond donors (Lipinski definition) is 1. The van der Waals surface area contributed by atoms with Crippen LogP contribution in [0.5, 0.6) is 0 Å². The van der Waals surface area contributed by atoms with Gasteiger partial charge >= 0.3 is 0 Å². The lowest BCUT2D eigenvalue weighted by Crippen LogP contribution is -2.18. The maximum Gasteiger partial charge on any atom is 0.137 e. The molecule has 1 aliphatic carbocycles. The van der Waals surface area contributed by atoms with Gasteiger partial charge in [0.15, 0.2) is 0 Å². The Balaban J connectivity index is 0.000000845. The molecule has 72 valence electrons. The van der Waals surface area contributed by atoms with Gasteiger partial charge in [-0.15, -0.1) is 12.4 Å². The van der Waals surface area contributed by atoms with E-state index in [-0.39, 0.29) is 23.8 Å². The lowest BCUT2D eigenvalue weighted by molar-refractivity contribution is 0.612. The summed E-state index contributed by atoms with van der Waals surface area (Å²) in [7, 11) is 0. The summed E-state index contributed by atoms with van der Waals surface area (Å²) < 4.78 is 13.5. The molecule has 13 heavy (non-hydrogen) atoms. The Morgan fingerprint density at radius 1 is 1.38 bits per heavy atom. The van der Waals surface area contributed by atoms with E-state index in [4.69, 9.17) is 5.73 Å². The van der Waals surface area contributed by atoms with Gasteiger partial charge in [-0.25, -0.2) is 4.39 Å². The number of benzene rings is 1. The molecule has 1 aromatic rings. The molecule has 0 radical (unpaired) electrons. The van der Waals surface area contributed by atoms with Gasteiger partial charge in [-0.2, -0.15) is 0 Å². The summed E-state index contributed by atoms with van der Waals surface area (Å²) in [6, 6.07) is 5.09. The first-order valence-corrected chi connectivity index (χ1v) is 4.65. The molecule has 1 aromatic carbocycles. The summed E-state index contributed by atoms with van der Waals surface area (Å²) >= 11 is 3.10. The van der Waals surface area contributed by atoms with Crippen LogP contribution in [0, 0.1) is 5.82 Å². The summed E-state index contributed by atoms with van der Waals surface area (Å²) in [4.78, 5) is 0. The van der Waals surface area contributed by atoms with Crippen molar-refractivity contribution in [2.24, 2.45) is 5.73 Å². The average Bonchev–Trinajstić information content (AvgIpc) is 2.75. The SMILES string of the molecule is Cl.NC1(c2ccc(Br)c(F)c2)CC1. The fourth-order valence-electron chi connectivity index (χ4n) is 1.23. The van der Waals surface area contributed by atoms with Gasteiger partial charge in [-0.05, 0) is 46.5 Å². The Morgan fingerprint density at radius 2 is 2.00 bits per heavy atom. The van der Waals surface area contributed by atoms with Crippen LogP contribution in [0.1, 0.15) is 18.4 Å². The zero-order valence-corrected chi connectivity index (χ0v) is 9.29. The molecule has 0 aromatic heterocycles. The van der Waals surface area contributed by atoms with Gasteiger partial charge < -0.3 is 5.73 Å². The molecule has 0 spiro atoms. The maximum absolute atomic E-state index is 13.0. The van der Waals surface area contributed by atoms with Crippen LogP contribution in [0.25, 0.3) is 0 Å². The van der Waals surface area contributed by atoms with Crippen molar-refractivity contribution in [1.29, 1.82) is 0 Å². The average molecular weight is 267 g/mol. The van der Waals surface area contributed by atoms with E-state index < -0.39 is 0 Å². The molecule has 0 aliphatic heterocycles. The second-order valence-electron chi connectivity index (χ2n) is 3.29. The van der Waals surface area contributed by atoms with E-state index in [1.807, 2.05) is 6.07 Å². The van der Waals surface area contributed by atoms with Gasteiger partial charge in [0.2, 0.25) is 0 Å². The third kappa shape index (κ3) is 2.03. The topological polar surface area (TPSA) is 26.0 Å². The molecule has 2 N–H and O–H groups in total. The smallest absolute Gasteiger partial charge is 0.137 e. The zero-order chi connectivity index (χ0) is 8.77. The van der Waals surface area contributed by atoms with E-state index >= 15 is 0 Å². The first-order chi connectivity index (χ1) is 5.62. The van der Waals surface area contributed by atoms with Crippen molar-refractivity contribution in [3.63, 3.8) is 0 Å². The van der Waals surface area contributed by atoms with Gasteiger partial charge in [-0.1, -0.05) is 6.07 Å². The van der Waals surface area contributed by atoms with E-state index in [2.05, 4.69) is 15.9 Å². The summed E-state index contributed by atoms with van der Waals surface area (Å²) in [5.74, 6) is -0.232. The van der Waals surface area contributed by atoms with Gasteiger partial charge in [-0.3, -0.25) is 0 Å². The molecule has 0 unspecified atom stereocenters. The summed E-state index contributed by atoms with van der Waals surface area (Å²) in [6.07, 6.45) is 1.93. The Labute approximate surface area is 91.0 Å². The van der Waals surface area contributed by atoms with Crippen LogP contribution in [0.4, 0.5) is 4.39 Å². The Morgan fingerprint density at radius 3 is 2.46 bits per heavy atom. The largest absolute Gasteiger partial charge is 0.321 e. The first kappa shape index (κ1) is 11.0. The second kappa shape index (κ2) is 3.56. The monoisotopic (exact) mass is 265 g/mol. The molecule has 1 nitrogen and oxygen atoms in total. The van der Waals surface area contributed by atoms with E-state index in [9.17, 15) is 4.39 Å². The molecule has 1 fully saturated rings. The van der Waals surface area contributed by atoms with Crippen LogP contribution < -0.4 is 5.73 Å². The molecule has 0 bridgehead atoms. The van der Waals surface area contributed by atoms with E-state index in [0.717, 1.165) is 18.4 Å². The number of rotatable bonds is 1. The van der Waals surface area contributed by atoms with Crippen LogP contribution in [0.15, 0.2) is 22.7 Å². The molecule has 0 amide bonds. The number of halogens is 3. The Kier molecular flexibility index (Phi) is 3.00. The lowest BCUT2D eigenvalue weighted by atomic mass is 10.1. The van der Waals surface area contributed by atoms with Crippen molar-refractivity contribution in [2.45, 2.75) is 18.4 Å². The van der Waals surface area contributed by atoms with Gasteiger partial charge in [0.1, 0.15) is 5.82 Å². The Hall–Kier alpha value is -0.120. The fourth-order valence-corrected chi connectivity index (χ4v) is 1.48. The normalized spacial score (nSPS) is 17.8. The van der Waals surface area contributed by atoms with Crippen LogP contribution in [0.3, 0.4) is 0 Å². The van der Waals surface area contributed by atoms with E-state index in [0.29, 0.717) is 4.47 Å². The van der Waals surface area contributed by atoms with E-state index in [1.165, 1.54) is 6.07 Å². The molecular formula is C9H10BrClFN. The highest BCUT2D eigenvalue weighted by Crippen LogP contribution is 2.43. The Bertz CT molecular complexity index is 325. The van der Waals surface area contributed by atoms with Crippen LogP contribution >= 0.6 is 28.3 Å². The molecule has 1 aliphatic rings. The van der Waals surface area contributed by atoms with Crippen molar-refractivity contribution in [1.82, 2.24) is 0 Å². The van der Waals surface area contributed by atoms with Crippen molar-refractivity contribution in [3.05, 3.63) is 34.1 Å². The van der Waals surface area contributed by atoms with Crippen LogP contribution in [-0.2, 0) is 5.54 Å². The summed E-state index contributed by atoms with van der Waals surface area (Å²) in [5, 5.41) is 0. The highest BCUT2D eigenvalue weighted by Gasteiger charge is 2.40. The van der Waals surface area contributed by atoms with Gasteiger partial charge in [0.05, 0.1) is 4.47 Å². The molecular weight excluding hydrogens is 256 g/mol. The molecule has 4 heteroatoms. The third-order valence-electron chi connectivity index (χ3n) is 2.28. The van der Waals surface area contributed by atoms with Crippen molar-refractivity contribution >= 4 is 28.3 Å². The van der Waals surface area contributed by atoms with Crippen molar-refractivity contribution in [2.75, 3.05) is 0 Å². The van der Waals surface area contributed by atoms with Crippen LogP contribution in [-0.4, -0.2) is 0 Å². The summed E-state index contributed by atoms with van der Waals surface area (Å²) in [6.45, 7) is 0. The van der Waals surface area contributed by atoms with Crippen molar-refractivity contribution in [3.8, 4) is 0 Å². The molecule has 0 atom stereocenters. The fraction of sp³-hybridized carbons (Fsp3) is 0.333. The van der Waals surface area contributed by atoms with Crippen molar-refractivity contribution < 1.29 is 4.39 Å². The minimum Gasteiger partial charge on any atom is -0.321 e. The van der Waals surface area contributed by atoms with Gasteiger partial charge in [0.25, 0.3) is 0 Å². The minimum absolute atomic E-state index is 0.